The molecule has 4 heteroatoms. The van der Waals surface area contributed by atoms with Gasteiger partial charge < -0.3 is 0 Å². The summed E-state index contributed by atoms with van der Waals surface area (Å²) in [5.41, 5.74) is 1.11. The fraction of sp³-hybridized carbons (Fsp3) is 0.400. The lowest BCUT2D eigenvalue weighted by Crippen LogP contribution is -1.90. The van der Waals surface area contributed by atoms with E-state index in [9.17, 15) is 0 Å². The lowest BCUT2D eigenvalue weighted by molar-refractivity contribution is 0.713. The molecule has 0 bridgehead atoms. The molecule has 0 spiro atoms. The topological polar surface area (TPSA) is 30.2 Å². The Bertz CT molecular complexity index is 450. The van der Waals surface area contributed by atoms with Crippen LogP contribution in [0.25, 0.3) is 5.78 Å². The molecule has 1 unspecified atom stereocenters. The fourth-order valence-corrected chi connectivity index (χ4v) is 1.65. The van der Waals surface area contributed by atoms with E-state index in [4.69, 9.17) is 0 Å². The van der Waals surface area contributed by atoms with Gasteiger partial charge in [-0.2, -0.15) is 0 Å². The second kappa shape index (κ2) is 3.69. The first-order chi connectivity index (χ1) is 6.70. The van der Waals surface area contributed by atoms with Crippen LogP contribution in [-0.2, 0) is 0 Å². The van der Waals surface area contributed by atoms with Gasteiger partial charge in [0.25, 0.3) is 0 Å². The van der Waals surface area contributed by atoms with Gasteiger partial charge in [-0.1, -0.05) is 13.8 Å². The summed E-state index contributed by atoms with van der Waals surface area (Å²) in [6.07, 6.45) is 6.89. The number of nitrogens with zero attached hydrogens (tertiary/aromatic N) is 3. The number of imidazole rings is 1. The van der Waals surface area contributed by atoms with E-state index in [-0.39, 0.29) is 0 Å². The number of hydrogen-bond donors (Lipinski definition) is 0. The highest BCUT2D eigenvalue weighted by Gasteiger charge is 2.08. The van der Waals surface area contributed by atoms with Crippen LogP contribution in [0.3, 0.4) is 0 Å². The number of fused-ring (bicyclic) bond motifs is 1. The van der Waals surface area contributed by atoms with E-state index in [1.165, 1.54) is 0 Å². The molecule has 0 amide bonds. The third-order valence-corrected chi connectivity index (χ3v) is 2.82. The zero-order valence-corrected chi connectivity index (χ0v) is 9.82. The summed E-state index contributed by atoms with van der Waals surface area (Å²) in [4.78, 5) is 8.68. The molecule has 2 aromatic heterocycles. The van der Waals surface area contributed by atoms with Gasteiger partial charge in [0.2, 0.25) is 5.78 Å². The van der Waals surface area contributed by atoms with Crippen LogP contribution < -0.4 is 0 Å². The molecule has 0 aliphatic rings. The molecule has 0 saturated heterocycles. The van der Waals surface area contributed by atoms with E-state index in [2.05, 4.69) is 39.7 Å². The minimum absolute atomic E-state index is 0.496. The van der Waals surface area contributed by atoms with Crippen LogP contribution in [0.15, 0.2) is 23.1 Å². The smallest absolute Gasteiger partial charge is 0.233 e. The van der Waals surface area contributed by atoms with Crippen molar-refractivity contribution in [3.8, 4) is 0 Å². The van der Waals surface area contributed by atoms with Crippen LogP contribution >= 0.6 is 15.9 Å². The van der Waals surface area contributed by atoms with Crippen LogP contribution in [0.5, 0.6) is 0 Å². The van der Waals surface area contributed by atoms with E-state index in [0.29, 0.717) is 5.92 Å². The van der Waals surface area contributed by atoms with Crippen molar-refractivity contribution in [3.05, 3.63) is 28.8 Å². The molecule has 2 aromatic rings. The average molecular weight is 254 g/mol. The summed E-state index contributed by atoms with van der Waals surface area (Å²) >= 11 is 3.38. The maximum atomic E-state index is 4.46. The minimum Gasteiger partial charge on any atom is -0.290 e. The summed E-state index contributed by atoms with van der Waals surface area (Å²) in [7, 11) is 0. The Kier molecular flexibility index (Phi) is 2.54. The molecule has 0 fully saturated rings. The van der Waals surface area contributed by atoms with Gasteiger partial charge >= 0.3 is 0 Å². The fourth-order valence-electron chi connectivity index (χ4n) is 1.33. The lowest BCUT2D eigenvalue weighted by Gasteiger charge is -2.01. The Morgan fingerprint density at radius 3 is 3.00 bits per heavy atom. The van der Waals surface area contributed by atoms with Crippen LogP contribution in [0.2, 0.25) is 0 Å². The summed E-state index contributed by atoms with van der Waals surface area (Å²) in [5, 5.41) is 0. The van der Waals surface area contributed by atoms with Crippen molar-refractivity contribution in [2.45, 2.75) is 26.2 Å². The molecule has 74 valence electrons. The van der Waals surface area contributed by atoms with E-state index < -0.39 is 0 Å². The van der Waals surface area contributed by atoms with Gasteiger partial charge in [0, 0.05) is 18.6 Å². The molecule has 0 aromatic carbocycles. The Hall–Kier alpha value is -0.900. The monoisotopic (exact) mass is 253 g/mol. The predicted molar refractivity (Wildman–Crippen MR) is 59.4 cm³/mol. The zero-order valence-electron chi connectivity index (χ0n) is 8.24. The van der Waals surface area contributed by atoms with Crippen molar-refractivity contribution < 1.29 is 0 Å². The van der Waals surface area contributed by atoms with E-state index in [1.807, 2.05) is 16.8 Å². The molecule has 14 heavy (non-hydrogen) atoms. The third kappa shape index (κ3) is 1.66. The summed E-state index contributed by atoms with van der Waals surface area (Å²) in [5.74, 6) is 1.26. The van der Waals surface area contributed by atoms with Gasteiger partial charge in [-0.15, -0.1) is 0 Å². The summed E-state index contributed by atoms with van der Waals surface area (Å²) in [6, 6.07) is 0. The van der Waals surface area contributed by atoms with Gasteiger partial charge in [-0.05, 0) is 28.3 Å². The third-order valence-electron chi connectivity index (χ3n) is 2.41. The van der Waals surface area contributed by atoms with Gasteiger partial charge in [0.15, 0.2) is 0 Å². The number of hydrogen-bond acceptors (Lipinski definition) is 2. The Morgan fingerprint density at radius 2 is 2.29 bits per heavy atom. The summed E-state index contributed by atoms with van der Waals surface area (Å²) in [6.45, 7) is 4.34. The van der Waals surface area contributed by atoms with Crippen molar-refractivity contribution in [3.63, 3.8) is 0 Å². The largest absolute Gasteiger partial charge is 0.290 e. The standard InChI is InChI=1S/C10H12BrN3/c1-3-7(2)9-6-14-5-8(11)4-12-10(14)13-9/h4-7H,3H2,1-2H3. The van der Waals surface area contributed by atoms with E-state index in [0.717, 1.165) is 22.4 Å². The van der Waals surface area contributed by atoms with Crippen molar-refractivity contribution >= 4 is 21.7 Å². The highest BCUT2D eigenvalue weighted by molar-refractivity contribution is 9.10. The van der Waals surface area contributed by atoms with Crippen molar-refractivity contribution in [1.29, 1.82) is 0 Å². The first kappa shape index (κ1) is 9.65. The first-order valence-electron chi connectivity index (χ1n) is 4.71. The van der Waals surface area contributed by atoms with Crippen molar-refractivity contribution in [2.75, 3.05) is 0 Å². The van der Waals surface area contributed by atoms with E-state index >= 15 is 0 Å². The molecule has 2 heterocycles. The average Bonchev–Trinajstić information content (AvgIpc) is 2.59. The Morgan fingerprint density at radius 1 is 1.50 bits per heavy atom. The lowest BCUT2D eigenvalue weighted by atomic mass is 10.1. The number of rotatable bonds is 2. The molecule has 3 nitrogen and oxygen atoms in total. The highest BCUT2D eigenvalue weighted by atomic mass is 79.9. The molecule has 0 saturated carbocycles. The van der Waals surface area contributed by atoms with Gasteiger partial charge in [-0.3, -0.25) is 4.40 Å². The molecular formula is C10H12BrN3. The molecular weight excluding hydrogens is 242 g/mol. The second-order valence-corrected chi connectivity index (χ2v) is 4.37. The zero-order chi connectivity index (χ0) is 10.1. The Balaban J connectivity index is 2.51. The summed E-state index contributed by atoms with van der Waals surface area (Å²) < 4.78 is 2.92. The molecule has 0 N–H and O–H groups in total. The van der Waals surface area contributed by atoms with Crippen molar-refractivity contribution in [2.24, 2.45) is 0 Å². The van der Waals surface area contributed by atoms with Gasteiger partial charge in [-0.25, -0.2) is 9.97 Å². The maximum Gasteiger partial charge on any atom is 0.233 e. The molecule has 1 atom stereocenters. The SMILES string of the molecule is CCC(C)c1cn2cc(Br)cnc2n1. The quantitative estimate of drug-likeness (QED) is 0.824. The Labute approximate surface area is 91.3 Å². The molecule has 2 rings (SSSR count). The van der Waals surface area contributed by atoms with Crippen molar-refractivity contribution in [1.82, 2.24) is 14.4 Å². The first-order valence-corrected chi connectivity index (χ1v) is 5.50. The molecule has 0 aliphatic heterocycles. The number of halogens is 1. The second-order valence-electron chi connectivity index (χ2n) is 3.45. The van der Waals surface area contributed by atoms with Crippen LogP contribution in [0, 0.1) is 0 Å². The van der Waals surface area contributed by atoms with Gasteiger partial charge in [0.1, 0.15) is 0 Å². The van der Waals surface area contributed by atoms with Crippen LogP contribution in [0.1, 0.15) is 31.9 Å². The number of aromatic nitrogens is 3. The van der Waals surface area contributed by atoms with Crippen LogP contribution in [-0.4, -0.2) is 14.4 Å². The minimum atomic E-state index is 0.496. The molecule has 0 radical (unpaired) electrons. The normalized spacial score (nSPS) is 13.4. The highest BCUT2D eigenvalue weighted by Crippen LogP contribution is 2.18. The molecule has 0 aliphatic carbocycles. The van der Waals surface area contributed by atoms with E-state index in [1.54, 1.807) is 6.20 Å². The maximum absolute atomic E-state index is 4.46. The van der Waals surface area contributed by atoms with Crippen LogP contribution in [0.4, 0.5) is 0 Å². The predicted octanol–water partition coefficient (Wildman–Crippen LogP) is 3.01. The van der Waals surface area contributed by atoms with Gasteiger partial charge in [0.05, 0.1) is 10.2 Å².